The molecule has 4 saturated heterocycles. The second kappa shape index (κ2) is 36.6. The Kier molecular flexibility index (Phi) is 25.6. The molecule has 0 saturated carbocycles. The molecule has 8 aliphatic heterocycles. The molecule has 12 N–H and O–H groups in total. The van der Waals surface area contributed by atoms with E-state index in [1.165, 1.54) is 72.8 Å². The van der Waals surface area contributed by atoms with Gasteiger partial charge >= 0.3 is 31.3 Å². The third kappa shape index (κ3) is 20.1. The van der Waals surface area contributed by atoms with Crippen molar-refractivity contribution < 1.29 is 176 Å². The van der Waals surface area contributed by atoms with Crippen molar-refractivity contribution in [3.63, 3.8) is 0 Å². The third-order valence-corrected chi connectivity index (χ3v) is 24.8. The highest BCUT2D eigenvalue weighted by molar-refractivity contribution is 7.71. The molecule has 12 heterocycles. The second-order valence-electron chi connectivity index (χ2n) is 26.1. The average Bonchev–Trinajstić information content (AvgIpc) is 1.55. The van der Waals surface area contributed by atoms with Gasteiger partial charge in [0.15, 0.2) is 43.9 Å². The minimum Gasteiger partial charge on any atom is -0.404 e. The van der Waals surface area contributed by atoms with Crippen molar-refractivity contribution in [1.82, 2.24) is 38.2 Å². The van der Waals surface area contributed by atoms with Crippen molar-refractivity contribution in [2.24, 2.45) is 0 Å². The van der Waals surface area contributed by atoms with Crippen LogP contribution in [0.15, 0.2) is 117 Å². The number of alkyl halides is 4. The number of H-pyrrole nitrogens is 4. The van der Waals surface area contributed by atoms with Crippen LogP contribution >= 0.6 is 127 Å². The average molecular weight is 2000 g/mol. The predicted molar refractivity (Wildman–Crippen MR) is 409 cm³/mol. The van der Waals surface area contributed by atoms with Crippen LogP contribution in [-0.4, -0.2) is 178 Å². The Morgan fingerprint density at radius 2 is 0.645 bits per heavy atom. The summed E-state index contributed by atoms with van der Waals surface area (Å²) in [5.74, 6) is -19.8. The van der Waals surface area contributed by atoms with Crippen molar-refractivity contribution in [2.45, 2.75) is 124 Å². The van der Waals surface area contributed by atoms with Crippen LogP contribution in [0, 0.1) is 42.4 Å². The highest BCUT2D eigenvalue weighted by atomic mass is 35.5. The largest absolute Gasteiger partial charge is 0.530 e. The monoisotopic (exact) mass is 2000 g/mol. The summed E-state index contributed by atoms with van der Waals surface area (Å²) in [6.07, 6.45) is -27.3. The van der Waals surface area contributed by atoms with Crippen LogP contribution in [0.3, 0.4) is 0 Å². The topological polar surface area (TPSA) is 529 Å². The lowest BCUT2D eigenvalue weighted by atomic mass is 10.1. The fourth-order valence-electron chi connectivity index (χ4n) is 11.4. The summed E-state index contributed by atoms with van der Waals surface area (Å²) in [6, 6.07) is 17.0. The molecule has 40 nitrogen and oxygen atoms in total. The Hall–Kier alpha value is -6.80. The molecule has 0 spiro atoms. The van der Waals surface area contributed by atoms with Crippen LogP contribution in [0.25, 0.3) is 0 Å². The van der Waals surface area contributed by atoms with Crippen LogP contribution < -0.4 is 40.3 Å². The lowest BCUT2D eigenvalue weighted by molar-refractivity contribution is -0.205. The molecule has 0 aliphatic carbocycles. The molecule has 4 unspecified atom stereocenters. The van der Waals surface area contributed by atoms with E-state index in [1.807, 2.05) is 19.9 Å². The van der Waals surface area contributed by atoms with Crippen LogP contribution in [0.1, 0.15) is 55.3 Å². The first-order chi connectivity index (χ1) is 60.3. The van der Waals surface area contributed by atoms with Gasteiger partial charge in [-0.3, -0.25) is 93.6 Å². The number of ether oxygens (including phenoxy) is 4. The van der Waals surface area contributed by atoms with Crippen molar-refractivity contribution in [3.05, 3.63) is 224 Å². The summed E-state index contributed by atoms with van der Waals surface area (Å²) < 4.78 is 295. The molecule has 4 aromatic heterocycles. The number of halogens is 12. The molecule has 8 aromatic rings. The van der Waals surface area contributed by atoms with Crippen LogP contribution in [-0.2, 0) is 99.8 Å². The molecule has 60 heteroatoms. The number of aromatic amines is 4. The number of nitrogens with zero attached hydrogens (tertiary/aromatic N) is 4. The van der Waals surface area contributed by atoms with E-state index < -0.39 is 226 Å². The van der Waals surface area contributed by atoms with E-state index in [2.05, 4.69) is 9.05 Å². The fourth-order valence-corrected chi connectivity index (χ4v) is 17.8. The van der Waals surface area contributed by atoms with Crippen molar-refractivity contribution in [1.29, 1.82) is 0 Å². The van der Waals surface area contributed by atoms with Gasteiger partial charge in [-0.05, 0) is 122 Å². The van der Waals surface area contributed by atoms with Crippen LogP contribution in [0.2, 0.25) is 20.1 Å². The molecule has 4 fully saturated rings. The number of rotatable bonds is 16. The highest BCUT2D eigenvalue weighted by Crippen LogP contribution is 2.61. The Morgan fingerprint density at radius 1 is 0.403 bits per heavy atom. The number of aliphatic hydroxyl groups excluding tert-OH is 8. The predicted octanol–water partition coefficient (Wildman–Crippen LogP) is 9.39. The highest BCUT2D eigenvalue weighted by Gasteiger charge is 2.62. The standard InChI is InChI=1S/4C16H14ClF2N2O8PS/c4*17-8-1-2-10-7(3-8)5-26-30(25,29-10)27-6-16(19)12(23)11(22)14(28-16)21-4-9(18)13(24)20-15(21)31/h4*1-4,11-12,14,22-23H,5-6H2,(H,20,24,31)/t4*11-,12+,14-,16-,30?/m1111/s1/i6D2,14D;14D;6D2;. The van der Waals surface area contributed by atoms with Gasteiger partial charge in [-0.25, -0.2) is 35.8 Å². The summed E-state index contributed by atoms with van der Waals surface area (Å²) in [5.41, 5.74) is -3.23. The van der Waals surface area contributed by atoms with Crippen molar-refractivity contribution >= 4 is 127 Å². The summed E-state index contributed by atoms with van der Waals surface area (Å²) in [5, 5.41) is 83.2. The number of benzene rings is 4. The zero-order chi connectivity index (χ0) is 95.6. The zero-order valence-electron chi connectivity index (χ0n) is 66.4. The lowest BCUT2D eigenvalue weighted by Gasteiger charge is -2.28. The number of phosphoric acid groups is 4. The second-order valence-corrected chi connectivity index (χ2v) is 35.6. The SMILES string of the molecule is O=c1[nH]c(=S)n([C@@H]2O[C@](F)(COP3(=O)OCc4cc(Cl)ccc4O3)[C@@H](O)[C@H]2O)cc1F.[2H]C([2H])(OP1(=O)OCc2cc(Cl)ccc2O1)[C@@]1(F)O[C@@H](n2cc(F)c(=O)[nH]c2=S)[C@H](O)[C@@H]1O.[2H]C([2H])(OP1(=O)OCc2cc(Cl)ccc2O1)[C@@]1(F)O[C@@]([2H])(n2cc(F)c(=O)[nH]c2=S)[C@H](O)[C@@H]1O.[2H][C@@]1(n2cc(F)c(=O)[nH]c2=S)O[C@](F)(COP2(=O)OCc3cc(Cl)ccc3O2)[C@@H](O)[C@H]1O. The number of phosphoric ester groups is 4. The maximum atomic E-state index is 15.8. The number of aromatic nitrogens is 8. The summed E-state index contributed by atoms with van der Waals surface area (Å²) in [6.45, 7) is -11.4. The lowest BCUT2D eigenvalue weighted by Crippen LogP contribution is -2.43. The van der Waals surface area contributed by atoms with Crippen LogP contribution in [0.5, 0.6) is 23.0 Å². The zero-order valence-corrected chi connectivity index (χ0v) is 70.2. The summed E-state index contributed by atoms with van der Waals surface area (Å²) >= 11 is 42.6. The first kappa shape index (κ1) is 86.6. The molecule has 124 heavy (non-hydrogen) atoms. The summed E-state index contributed by atoms with van der Waals surface area (Å²) in [7, 11) is -18.4. The number of hydrogen-bond acceptors (Lipinski definition) is 36. The first-order valence-electron chi connectivity index (χ1n) is 36.9. The molecule has 672 valence electrons. The molecule has 0 radical (unpaired) electrons. The molecule has 20 atom stereocenters. The van der Waals surface area contributed by atoms with Gasteiger partial charge in [0.25, 0.3) is 45.7 Å². The number of fused-ring (bicyclic) bond motifs is 4. The van der Waals surface area contributed by atoms with E-state index in [4.69, 9.17) is 168 Å². The van der Waals surface area contributed by atoms with E-state index in [-0.39, 0.29) is 47.4 Å². The Balaban J connectivity index is 0.000000148. The van der Waals surface area contributed by atoms with E-state index in [0.717, 1.165) is 4.57 Å². The first-order valence-corrected chi connectivity index (χ1v) is 42.9. The van der Waals surface area contributed by atoms with E-state index >= 15 is 17.6 Å². The van der Waals surface area contributed by atoms with Gasteiger partial charge in [-0.2, -0.15) is 17.6 Å². The normalized spacial score (nSPS) is 34.6. The molecular formula is C64H56Cl4F8N8O32P4S4. The molecule has 8 aliphatic rings. The van der Waals surface area contributed by atoms with Gasteiger partial charge in [0, 0.05) is 42.3 Å². The van der Waals surface area contributed by atoms with E-state index in [9.17, 15) is 95.9 Å². The van der Waals surface area contributed by atoms with Crippen LogP contribution in [0.4, 0.5) is 35.1 Å². The number of nitrogens with one attached hydrogen (secondary N) is 4. The number of aliphatic hydroxyl groups is 8. The molecule has 4 aromatic carbocycles. The van der Waals surface area contributed by atoms with Crippen molar-refractivity contribution in [2.75, 3.05) is 26.3 Å². The summed E-state index contributed by atoms with van der Waals surface area (Å²) in [4.78, 5) is 52.8. The Morgan fingerprint density at radius 3 is 0.968 bits per heavy atom. The van der Waals surface area contributed by atoms with Crippen molar-refractivity contribution in [3.8, 4) is 23.0 Å². The quantitative estimate of drug-likeness (QED) is 0.0243. The Bertz CT molecular complexity index is 6590. The number of hydrogen-bond donors (Lipinski definition) is 12. The third-order valence-electron chi connectivity index (χ3n) is 17.7. The van der Waals surface area contributed by atoms with Gasteiger partial charge in [-0.15, -0.1) is 0 Å². The van der Waals surface area contributed by atoms with E-state index in [0.29, 0.717) is 76.3 Å². The van der Waals surface area contributed by atoms with Gasteiger partial charge in [0.05, 0.1) is 59.4 Å². The maximum Gasteiger partial charge on any atom is 0.530 e. The molecule has 0 amide bonds. The molecule has 16 rings (SSSR count). The smallest absolute Gasteiger partial charge is 0.404 e. The fraction of sp³-hybridized carbons (Fsp3) is 0.375. The van der Waals surface area contributed by atoms with Gasteiger partial charge in [0.2, 0.25) is 23.3 Å². The molecule has 0 bridgehead atoms. The minimum atomic E-state index is -4.89. The van der Waals surface area contributed by atoms with Gasteiger partial charge < -0.3 is 77.9 Å². The van der Waals surface area contributed by atoms with E-state index in [1.54, 1.807) is 0 Å². The minimum absolute atomic E-state index is 0.0292. The maximum absolute atomic E-state index is 15.8. The molecular weight excluding hydrogens is 1940 g/mol. The van der Waals surface area contributed by atoms with Gasteiger partial charge in [-0.1, -0.05) is 46.4 Å². The Labute approximate surface area is 733 Å². The van der Waals surface area contributed by atoms with Gasteiger partial charge in [0.1, 0.15) is 98.2 Å².